The van der Waals surface area contributed by atoms with E-state index in [-0.39, 0.29) is 26.2 Å². The van der Waals surface area contributed by atoms with E-state index >= 15 is 0 Å². The van der Waals surface area contributed by atoms with Crippen molar-refractivity contribution in [3.8, 4) is 0 Å². The van der Waals surface area contributed by atoms with Crippen molar-refractivity contribution in [1.82, 2.24) is 5.32 Å². The Kier molecular flexibility index (Phi) is 8.51. The average Bonchev–Trinajstić information content (AvgIpc) is 2.69. The molecular weight excluding hydrogens is 379 g/mol. The summed E-state index contributed by atoms with van der Waals surface area (Å²) < 4.78 is 29.4. The maximum absolute atomic E-state index is 13.3. The largest absolute Gasteiger partial charge is 0.445 e. The molecule has 0 aliphatic heterocycles. The summed E-state index contributed by atoms with van der Waals surface area (Å²) in [7, 11) is -3.60. The van der Waals surface area contributed by atoms with Gasteiger partial charge in [0, 0.05) is 12.1 Å². The first-order valence-corrected chi connectivity index (χ1v) is 10.8. The van der Waals surface area contributed by atoms with Gasteiger partial charge in [-0.25, -0.2) is 4.79 Å². The number of ether oxygens (including phenoxy) is 1. The van der Waals surface area contributed by atoms with Crippen LogP contribution in [0.25, 0.3) is 0 Å². The Morgan fingerprint density at radius 2 is 1.61 bits per heavy atom. The third-order valence-electron chi connectivity index (χ3n) is 3.91. The smallest absolute Gasteiger partial charge is 0.408 e. The highest BCUT2D eigenvalue weighted by Gasteiger charge is 2.37. The predicted octanol–water partition coefficient (Wildman–Crippen LogP) is 4.33. The number of nitrogens with two attached hydrogens (primary N) is 1. The van der Waals surface area contributed by atoms with Gasteiger partial charge in [0.15, 0.2) is 0 Å². The predicted molar refractivity (Wildman–Crippen MR) is 109 cm³/mol. The van der Waals surface area contributed by atoms with Crippen LogP contribution in [0.2, 0.25) is 0 Å². The second-order valence-electron chi connectivity index (χ2n) is 6.04. The normalized spacial score (nSPS) is 12.4. The van der Waals surface area contributed by atoms with Gasteiger partial charge in [0.2, 0.25) is 0 Å². The lowest BCUT2D eigenvalue weighted by Crippen LogP contribution is -2.37. The van der Waals surface area contributed by atoms with Crippen LogP contribution in [-0.2, 0) is 31.4 Å². The minimum Gasteiger partial charge on any atom is -0.445 e. The van der Waals surface area contributed by atoms with E-state index in [2.05, 4.69) is 5.32 Å². The molecule has 0 heterocycles. The lowest BCUT2D eigenvalue weighted by atomic mass is 10.1. The number of alkyl carbamates (subject to hydrolysis) is 1. The van der Waals surface area contributed by atoms with Gasteiger partial charge in [-0.1, -0.05) is 42.5 Å². The molecule has 1 amide bonds. The van der Waals surface area contributed by atoms with Gasteiger partial charge in [0.05, 0.1) is 13.2 Å². The van der Waals surface area contributed by atoms with Crippen molar-refractivity contribution in [3.05, 3.63) is 65.7 Å². The Hall–Kier alpha value is -2.34. The number of carbonyl (C=O) groups excluding carboxylic acids is 1. The summed E-state index contributed by atoms with van der Waals surface area (Å²) in [4.78, 5) is 12.3. The first kappa shape index (κ1) is 22.0. The number of nitrogens with one attached hydrogen (secondary N) is 1. The van der Waals surface area contributed by atoms with Crippen molar-refractivity contribution in [1.29, 1.82) is 0 Å². The van der Waals surface area contributed by atoms with Crippen LogP contribution in [0.15, 0.2) is 54.6 Å². The van der Waals surface area contributed by atoms with Gasteiger partial charge in [-0.3, -0.25) is 4.57 Å². The maximum atomic E-state index is 13.3. The molecule has 152 valence electrons. The number of nitrogen functional groups attached to an aromatic ring is 1. The van der Waals surface area contributed by atoms with E-state index in [0.29, 0.717) is 5.69 Å². The molecule has 7 nitrogen and oxygen atoms in total. The van der Waals surface area contributed by atoms with Gasteiger partial charge in [-0.05, 0) is 37.1 Å². The van der Waals surface area contributed by atoms with Crippen LogP contribution in [0.3, 0.4) is 0 Å². The molecule has 0 spiro atoms. The monoisotopic (exact) mass is 406 g/mol. The molecule has 0 aliphatic carbocycles. The number of hydrogen-bond acceptors (Lipinski definition) is 6. The van der Waals surface area contributed by atoms with Crippen LogP contribution in [0.1, 0.15) is 25.0 Å². The summed E-state index contributed by atoms with van der Waals surface area (Å²) in [5.41, 5.74) is 8.03. The molecule has 0 fully saturated rings. The topological polar surface area (TPSA) is 99.9 Å². The second-order valence-corrected chi connectivity index (χ2v) is 8.26. The van der Waals surface area contributed by atoms with Gasteiger partial charge in [-0.15, -0.1) is 0 Å². The van der Waals surface area contributed by atoms with Gasteiger partial charge in [0.25, 0.3) is 0 Å². The molecular formula is C20H27N2O5P. The van der Waals surface area contributed by atoms with Crippen molar-refractivity contribution >= 4 is 19.4 Å². The zero-order valence-corrected chi connectivity index (χ0v) is 17.1. The van der Waals surface area contributed by atoms with Crippen LogP contribution >= 0.6 is 7.60 Å². The first-order valence-electron chi connectivity index (χ1n) is 9.17. The molecule has 2 aromatic carbocycles. The van der Waals surface area contributed by atoms with Gasteiger partial charge in [-0.2, -0.15) is 0 Å². The summed E-state index contributed by atoms with van der Waals surface area (Å²) >= 11 is 0. The van der Waals surface area contributed by atoms with Gasteiger partial charge < -0.3 is 24.8 Å². The average molecular weight is 406 g/mol. The van der Waals surface area contributed by atoms with Crippen molar-refractivity contribution in [2.24, 2.45) is 0 Å². The van der Waals surface area contributed by atoms with E-state index in [9.17, 15) is 9.36 Å². The van der Waals surface area contributed by atoms with E-state index in [1.165, 1.54) is 0 Å². The minimum atomic E-state index is -3.60. The molecule has 0 bridgehead atoms. The molecule has 0 radical (unpaired) electrons. The molecule has 0 saturated carbocycles. The van der Waals surface area contributed by atoms with Crippen LogP contribution in [0.4, 0.5) is 10.5 Å². The van der Waals surface area contributed by atoms with Crippen LogP contribution in [0.5, 0.6) is 0 Å². The summed E-state index contributed by atoms with van der Waals surface area (Å²) in [5, 5.41) is 2.66. The van der Waals surface area contributed by atoms with Gasteiger partial charge >= 0.3 is 13.7 Å². The van der Waals surface area contributed by atoms with Crippen molar-refractivity contribution in [2.45, 2.75) is 32.7 Å². The van der Waals surface area contributed by atoms with E-state index in [1.807, 2.05) is 42.5 Å². The fourth-order valence-electron chi connectivity index (χ4n) is 2.60. The van der Waals surface area contributed by atoms with E-state index in [4.69, 9.17) is 19.5 Å². The Bertz CT molecular complexity index is 773. The number of rotatable bonds is 10. The first-order chi connectivity index (χ1) is 13.5. The van der Waals surface area contributed by atoms with Crippen molar-refractivity contribution < 1.29 is 23.1 Å². The summed E-state index contributed by atoms with van der Waals surface area (Å²) in [6, 6.07) is 16.4. The lowest BCUT2D eigenvalue weighted by molar-refractivity contribution is 0.134. The van der Waals surface area contributed by atoms with Crippen LogP contribution < -0.4 is 11.1 Å². The number of amides is 1. The highest BCUT2D eigenvalue weighted by molar-refractivity contribution is 7.54. The summed E-state index contributed by atoms with van der Waals surface area (Å²) in [6.07, 6.45) is -0.443. The zero-order valence-electron chi connectivity index (χ0n) is 16.2. The third kappa shape index (κ3) is 6.68. The molecule has 0 aromatic heterocycles. The summed E-state index contributed by atoms with van der Waals surface area (Å²) in [6.45, 7) is 3.93. The highest BCUT2D eigenvalue weighted by Crippen LogP contribution is 2.53. The van der Waals surface area contributed by atoms with E-state index in [1.54, 1.807) is 26.0 Å². The standard InChI is InChI=1S/C20H27N2O5P/c1-3-26-28(24,27-4-2)19(14-16-10-12-18(21)13-11-16)22-20(23)25-15-17-8-6-5-7-9-17/h5-13,19H,3-4,14-15,21H2,1-2H3,(H,22,23). The second kappa shape index (κ2) is 10.9. The Morgan fingerprint density at radius 1 is 1.00 bits per heavy atom. The number of carbonyl (C=O) groups is 1. The van der Waals surface area contributed by atoms with Gasteiger partial charge in [0.1, 0.15) is 12.4 Å². The fourth-order valence-corrected chi connectivity index (χ4v) is 4.45. The molecule has 2 aromatic rings. The number of benzene rings is 2. The Labute approximate surface area is 165 Å². The molecule has 0 aliphatic rings. The summed E-state index contributed by atoms with van der Waals surface area (Å²) in [5.74, 6) is -0.890. The lowest BCUT2D eigenvalue weighted by Gasteiger charge is -2.27. The maximum Gasteiger partial charge on any atom is 0.408 e. The van der Waals surface area contributed by atoms with Crippen LogP contribution in [0, 0.1) is 0 Å². The quantitative estimate of drug-likeness (QED) is 0.450. The Morgan fingerprint density at radius 3 is 2.18 bits per heavy atom. The minimum absolute atomic E-state index is 0.106. The molecule has 3 N–H and O–H groups in total. The van der Waals surface area contributed by atoms with E-state index in [0.717, 1.165) is 11.1 Å². The molecule has 1 unspecified atom stereocenters. The van der Waals surface area contributed by atoms with Crippen molar-refractivity contribution in [2.75, 3.05) is 18.9 Å². The third-order valence-corrected chi connectivity index (χ3v) is 6.22. The molecule has 8 heteroatoms. The van der Waals surface area contributed by atoms with Crippen molar-refractivity contribution in [3.63, 3.8) is 0 Å². The molecule has 0 saturated heterocycles. The Balaban J connectivity index is 2.12. The number of anilines is 1. The molecule has 28 heavy (non-hydrogen) atoms. The van der Waals surface area contributed by atoms with E-state index < -0.39 is 19.5 Å². The molecule has 2 rings (SSSR count). The fraction of sp³-hybridized carbons (Fsp3) is 0.350. The highest BCUT2D eigenvalue weighted by atomic mass is 31.2. The molecule has 1 atom stereocenters. The SMILES string of the molecule is CCOP(=O)(OCC)C(Cc1ccc(N)cc1)NC(=O)OCc1ccccc1. The van der Waals surface area contributed by atoms with Crippen LogP contribution in [-0.4, -0.2) is 25.1 Å². The number of hydrogen-bond donors (Lipinski definition) is 2. The zero-order chi connectivity index (χ0) is 20.4.